The second-order valence-electron chi connectivity index (χ2n) is 20.4. The highest BCUT2D eigenvalue weighted by Crippen LogP contribution is 2.38. The van der Waals surface area contributed by atoms with Gasteiger partial charge in [-0.15, -0.1) is 0 Å². The van der Waals surface area contributed by atoms with Crippen molar-refractivity contribution in [3.8, 4) is 0 Å². The molecule has 3 unspecified atom stereocenters. The number of nitrogens with one attached hydrogen (secondary N) is 1. The topological polar surface area (TPSA) is 114 Å². The first kappa shape index (κ1) is 65.2. The predicted octanol–water partition coefficient (Wildman–Crippen LogP) is 16.1. The SMILES string of the molecule is CCCCCCCC/C=C\CCCCCC(=O)OC(/C=C/CCCCCCCCCCCC)C(COP(=O)([O-])OCC[N+](C)(C)C)NC(=O)CCCCCCC/C=C/CCCCCCCCC. The van der Waals surface area contributed by atoms with Gasteiger partial charge in [-0.05, 0) is 83.1 Å². The highest BCUT2D eigenvalue weighted by molar-refractivity contribution is 7.45. The Balaban J connectivity index is 5.39. The van der Waals surface area contributed by atoms with Crippen molar-refractivity contribution in [2.45, 2.75) is 277 Å². The van der Waals surface area contributed by atoms with Crippen molar-refractivity contribution in [2.75, 3.05) is 40.9 Å². The number of likely N-dealkylation sites (N-methyl/N-ethyl adjacent to an activating group) is 1. The summed E-state index contributed by atoms with van der Waals surface area (Å²) in [4.78, 5) is 39.8. The molecular weight excluding hydrogens is 856 g/mol. The van der Waals surface area contributed by atoms with Gasteiger partial charge in [-0.3, -0.25) is 14.2 Å². The largest absolute Gasteiger partial charge is 0.756 e. The zero-order chi connectivity index (χ0) is 49.4. The molecule has 0 saturated heterocycles. The average Bonchev–Trinajstić information content (AvgIpc) is 3.28. The van der Waals surface area contributed by atoms with Gasteiger partial charge < -0.3 is 28.5 Å². The molecule has 0 radical (unpaired) electrons. The fourth-order valence-electron chi connectivity index (χ4n) is 8.10. The van der Waals surface area contributed by atoms with Crippen LogP contribution in [0.1, 0.15) is 265 Å². The van der Waals surface area contributed by atoms with E-state index in [0.717, 1.165) is 83.5 Å². The molecule has 0 aromatic carbocycles. The highest BCUT2D eigenvalue weighted by atomic mass is 31.2. The lowest BCUT2D eigenvalue weighted by atomic mass is 10.0. The highest BCUT2D eigenvalue weighted by Gasteiger charge is 2.27. The summed E-state index contributed by atoms with van der Waals surface area (Å²) in [5.41, 5.74) is 0. The van der Waals surface area contributed by atoms with E-state index in [1.807, 2.05) is 33.3 Å². The Bertz CT molecular complexity index is 1250. The lowest BCUT2D eigenvalue weighted by Crippen LogP contribution is -2.47. The Kier molecular flexibility index (Phi) is 46.6. The number of hydrogen-bond acceptors (Lipinski definition) is 7. The number of carbonyl (C=O) groups is 2. The Morgan fingerprint density at radius 2 is 0.866 bits per heavy atom. The normalized spacial score (nSPS) is 14.1. The van der Waals surface area contributed by atoms with E-state index in [1.54, 1.807) is 0 Å². The van der Waals surface area contributed by atoms with E-state index in [0.29, 0.717) is 23.9 Å². The second kappa shape index (κ2) is 47.9. The molecule has 3 atom stereocenters. The van der Waals surface area contributed by atoms with Crippen LogP contribution in [-0.2, 0) is 27.9 Å². The van der Waals surface area contributed by atoms with E-state index in [-0.39, 0.29) is 24.9 Å². The number of allylic oxidation sites excluding steroid dienone is 5. The molecule has 0 bridgehead atoms. The molecule has 1 N–H and O–H groups in total. The first-order valence-corrected chi connectivity index (χ1v) is 29.8. The third-order valence-corrected chi connectivity index (χ3v) is 13.5. The molecule has 67 heavy (non-hydrogen) atoms. The Morgan fingerprint density at radius 3 is 1.28 bits per heavy atom. The lowest BCUT2D eigenvalue weighted by molar-refractivity contribution is -0.870. The van der Waals surface area contributed by atoms with Gasteiger partial charge in [-0.1, -0.05) is 205 Å². The van der Waals surface area contributed by atoms with Gasteiger partial charge in [-0.2, -0.15) is 0 Å². The number of carbonyl (C=O) groups excluding carboxylic acids is 2. The van der Waals surface area contributed by atoms with Gasteiger partial charge in [-0.25, -0.2) is 0 Å². The maximum atomic E-state index is 13.5. The van der Waals surface area contributed by atoms with Crippen LogP contribution in [-0.4, -0.2) is 69.4 Å². The number of esters is 1. The van der Waals surface area contributed by atoms with Gasteiger partial charge in [0.05, 0.1) is 33.8 Å². The van der Waals surface area contributed by atoms with Gasteiger partial charge >= 0.3 is 5.97 Å². The second-order valence-corrected chi connectivity index (χ2v) is 21.8. The number of phosphoric ester groups is 1. The van der Waals surface area contributed by atoms with E-state index < -0.39 is 26.6 Å². The standard InChI is InChI=1S/C57H109N2O7P/c1-7-10-13-16-19-22-25-28-29-30-32-34-37-40-43-46-49-56(60)58-54(53-65-67(62,63)64-52-51-59(4,5)6)55(48-45-42-39-36-33-27-24-21-18-15-12-9-3)66-57(61)50-47-44-41-38-35-31-26-23-20-17-14-11-8-2/h29-31,35,45,48,54-55H,7-28,32-34,36-44,46-47,49-53H2,1-6H3,(H-,58,60,62,63)/b30-29+,35-31-,48-45+. The van der Waals surface area contributed by atoms with Gasteiger partial charge in [0.1, 0.15) is 19.3 Å². The maximum Gasteiger partial charge on any atom is 0.306 e. The van der Waals surface area contributed by atoms with Crippen molar-refractivity contribution in [1.29, 1.82) is 0 Å². The first-order chi connectivity index (χ1) is 32.4. The number of amides is 1. The zero-order valence-corrected chi connectivity index (χ0v) is 45.8. The van der Waals surface area contributed by atoms with Crippen molar-refractivity contribution < 1.29 is 37.3 Å². The van der Waals surface area contributed by atoms with Crippen molar-refractivity contribution in [2.24, 2.45) is 0 Å². The van der Waals surface area contributed by atoms with Gasteiger partial charge in [0.15, 0.2) is 0 Å². The zero-order valence-electron chi connectivity index (χ0n) is 44.9. The van der Waals surface area contributed by atoms with Crippen LogP contribution in [0.3, 0.4) is 0 Å². The predicted molar refractivity (Wildman–Crippen MR) is 284 cm³/mol. The average molecular weight is 965 g/mol. The van der Waals surface area contributed by atoms with Crippen LogP contribution in [0.15, 0.2) is 36.5 Å². The van der Waals surface area contributed by atoms with E-state index in [1.165, 1.54) is 141 Å². The van der Waals surface area contributed by atoms with E-state index in [4.69, 9.17) is 13.8 Å². The summed E-state index contributed by atoms with van der Waals surface area (Å²) in [6, 6.07) is -0.894. The van der Waals surface area contributed by atoms with Crippen LogP contribution >= 0.6 is 7.82 Å². The molecule has 0 spiro atoms. The summed E-state index contributed by atoms with van der Waals surface area (Å²) >= 11 is 0. The molecule has 0 aromatic rings. The van der Waals surface area contributed by atoms with Crippen LogP contribution in [0.2, 0.25) is 0 Å². The van der Waals surface area contributed by atoms with Crippen molar-refractivity contribution >= 4 is 19.7 Å². The van der Waals surface area contributed by atoms with Gasteiger partial charge in [0.25, 0.3) is 7.82 Å². The van der Waals surface area contributed by atoms with Crippen LogP contribution in [0.5, 0.6) is 0 Å². The van der Waals surface area contributed by atoms with Crippen LogP contribution in [0, 0.1) is 0 Å². The Hall–Kier alpha value is -1.77. The van der Waals surface area contributed by atoms with Crippen LogP contribution in [0.25, 0.3) is 0 Å². The minimum Gasteiger partial charge on any atom is -0.756 e. The van der Waals surface area contributed by atoms with Crippen LogP contribution < -0.4 is 10.2 Å². The van der Waals surface area contributed by atoms with Crippen molar-refractivity contribution in [3.63, 3.8) is 0 Å². The summed E-state index contributed by atoms with van der Waals surface area (Å²) in [7, 11) is 1.18. The quantitative estimate of drug-likeness (QED) is 0.0212. The summed E-state index contributed by atoms with van der Waals surface area (Å²) in [5.74, 6) is -0.564. The molecule has 0 aromatic heterocycles. The smallest absolute Gasteiger partial charge is 0.306 e. The molecule has 0 aliphatic heterocycles. The Morgan fingerprint density at radius 1 is 0.507 bits per heavy atom. The summed E-state index contributed by atoms with van der Waals surface area (Å²) in [6.45, 7) is 6.82. The molecule has 0 rings (SSSR count). The van der Waals surface area contributed by atoms with Crippen molar-refractivity contribution in [1.82, 2.24) is 5.32 Å². The number of nitrogens with zero attached hydrogens (tertiary/aromatic N) is 1. The molecule has 0 heterocycles. The number of unbranched alkanes of at least 4 members (excludes halogenated alkanes) is 31. The molecule has 0 aliphatic rings. The molecule has 10 heteroatoms. The van der Waals surface area contributed by atoms with Gasteiger partial charge in [0.2, 0.25) is 5.91 Å². The summed E-state index contributed by atoms with van der Waals surface area (Å²) < 4.78 is 30.2. The van der Waals surface area contributed by atoms with E-state index >= 15 is 0 Å². The molecule has 0 saturated carbocycles. The van der Waals surface area contributed by atoms with Gasteiger partial charge in [0, 0.05) is 12.8 Å². The fraction of sp³-hybridized carbons (Fsp3) is 0.860. The number of quaternary nitrogens is 1. The molecular formula is C57H109N2O7P. The maximum absolute atomic E-state index is 13.5. The number of hydrogen-bond donors (Lipinski definition) is 1. The van der Waals surface area contributed by atoms with Crippen molar-refractivity contribution in [3.05, 3.63) is 36.5 Å². The summed E-state index contributed by atoms with van der Waals surface area (Å²) in [6.07, 6.45) is 55.3. The fourth-order valence-corrected chi connectivity index (χ4v) is 8.82. The minimum absolute atomic E-state index is 0.0249. The minimum atomic E-state index is -4.69. The third kappa shape index (κ3) is 49.0. The van der Waals surface area contributed by atoms with E-state index in [9.17, 15) is 19.0 Å². The van der Waals surface area contributed by atoms with E-state index in [2.05, 4.69) is 50.4 Å². The lowest BCUT2D eigenvalue weighted by Gasteiger charge is -2.30. The third-order valence-electron chi connectivity index (χ3n) is 12.5. The number of ether oxygens (including phenoxy) is 1. The molecule has 0 aliphatic carbocycles. The first-order valence-electron chi connectivity index (χ1n) is 28.3. The number of phosphoric acid groups is 1. The van der Waals surface area contributed by atoms with Crippen LogP contribution in [0.4, 0.5) is 0 Å². The number of rotatable bonds is 51. The molecule has 1 amide bonds. The molecule has 0 fully saturated rings. The summed E-state index contributed by atoms with van der Waals surface area (Å²) in [5, 5.41) is 3.01. The monoisotopic (exact) mass is 965 g/mol. The Labute approximate surface area is 415 Å². The molecule has 394 valence electrons. The molecule has 9 nitrogen and oxygen atoms in total.